The molecule has 0 spiro atoms. The van der Waals surface area contributed by atoms with Crippen molar-refractivity contribution in [2.45, 2.75) is 19.9 Å². The Morgan fingerprint density at radius 1 is 1.73 bits per heavy atom. The Morgan fingerprint density at radius 3 is 2.64 bits per heavy atom. The standard InChI is InChI=1S/C7H12N2O2/c1-4(2)6-7(10)11-5(3-8)9-6/h4,6H,3,8H2,1-2H3. The summed E-state index contributed by atoms with van der Waals surface area (Å²) in [6, 6.07) is -0.339. The van der Waals surface area contributed by atoms with E-state index < -0.39 is 0 Å². The molecule has 4 nitrogen and oxygen atoms in total. The molecule has 0 fully saturated rings. The van der Waals surface area contributed by atoms with Gasteiger partial charge in [-0.05, 0) is 5.92 Å². The second-order valence-electron chi connectivity index (χ2n) is 2.84. The Bertz CT molecular complexity index is 199. The number of nitrogens with zero attached hydrogens (tertiary/aromatic N) is 1. The number of hydrogen-bond donors (Lipinski definition) is 1. The maximum Gasteiger partial charge on any atom is 0.337 e. The third-order valence-electron chi connectivity index (χ3n) is 1.55. The molecule has 62 valence electrons. The van der Waals surface area contributed by atoms with Crippen molar-refractivity contribution in [2.75, 3.05) is 6.54 Å². The van der Waals surface area contributed by atoms with Crippen molar-refractivity contribution in [1.82, 2.24) is 0 Å². The van der Waals surface area contributed by atoms with Gasteiger partial charge in [0.1, 0.15) is 0 Å². The van der Waals surface area contributed by atoms with Crippen LogP contribution in [0.1, 0.15) is 13.8 Å². The Labute approximate surface area is 65.4 Å². The molecule has 0 aromatic heterocycles. The van der Waals surface area contributed by atoms with Crippen molar-refractivity contribution in [3.05, 3.63) is 0 Å². The SMILES string of the molecule is CC(C)C1N=C(CN)OC1=O. The van der Waals surface area contributed by atoms with E-state index in [0.29, 0.717) is 5.90 Å². The van der Waals surface area contributed by atoms with Crippen molar-refractivity contribution in [3.63, 3.8) is 0 Å². The number of ether oxygens (including phenoxy) is 1. The van der Waals surface area contributed by atoms with Crippen LogP contribution in [-0.4, -0.2) is 24.5 Å². The van der Waals surface area contributed by atoms with Gasteiger partial charge in [-0.2, -0.15) is 0 Å². The number of nitrogens with two attached hydrogens (primary N) is 1. The van der Waals surface area contributed by atoms with E-state index >= 15 is 0 Å². The van der Waals surface area contributed by atoms with Crippen LogP contribution in [0.4, 0.5) is 0 Å². The summed E-state index contributed by atoms with van der Waals surface area (Å²) in [4.78, 5) is 15.0. The molecule has 1 heterocycles. The molecule has 1 aliphatic heterocycles. The van der Waals surface area contributed by atoms with E-state index in [4.69, 9.17) is 10.5 Å². The molecule has 0 saturated carbocycles. The van der Waals surface area contributed by atoms with Crippen LogP contribution in [0.25, 0.3) is 0 Å². The molecule has 0 radical (unpaired) electrons. The Morgan fingerprint density at radius 2 is 2.36 bits per heavy atom. The van der Waals surface area contributed by atoms with Crippen LogP contribution in [0, 0.1) is 5.92 Å². The first-order valence-electron chi connectivity index (χ1n) is 3.63. The number of carbonyl (C=O) groups excluding carboxylic acids is 1. The van der Waals surface area contributed by atoms with Gasteiger partial charge in [0.25, 0.3) is 0 Å². The minimum absolute atomic E-state index is 0.187. The van der Waals surface area contributed by atoms with E-state index in [2.05, 4.69) is 4.99 Å². The van der Waals surface area contributed by atoms with Gasteiger partial charge in [0.05, 0.1) is 6.54 Å². The fraction of sp³-hybridized carbons (Fsp3) is 0.714. The van der Waals surface area contributed by atoms with E-state index in [-0.39, 0.29) is 24.5 Å². The molecule has 0 aliphatic carbocycles. The molecule has 2 N–H and O–H groups in total. The number of cyclic esters (lactones) is 1. The minimum Gasteiger partial charge on any atom is -0.409 e. The highest BCUT2D eigenvalue weighted by molar-refractivity contribution is 5.98. The van der Waals surface area contributed by atoms with E-state index in [0.717, 1.165) is 0 Å². The van der Waals surface area contributed by atoms with Crippen molar-refractivity contribution in [1.29, 1.82) is 0 Å². The fourth-order valence-electron chi connectivity index (χ4n) is 0.926. The van der Waals surface area contributed by atoms with Crippen LogP contribution in [0.3, 0.4) is 0 Å². The van der Waals surface area contributed by atoms with Crippen molar-refractivity contribution in [2.24, 2.45) is 16.6 Å². The van der Waals surface area contributed by atoms with Gasteiger partial charge in [0.15, 0.2) is 6.04 Å². The summed E-state index contributed by atoms with van der Waals surface area (Å²) in [6.45, 7) is 4.05. The van der Waals surface area contributed by atoms with Gasteiger partial charge in [-0.25, -0.2) is 9.79 Å². The van der Waals surface area contributed by atoms with E-state index in [1.54, 1.807) is 0 Å². The van der Waals surface area contributed by atoms with Crippen molar-refractivity contribution < 1.29 is 9.53 Å². The van der Waals surface area contributed by atoms with Crippen molar-refractivity contribution in [3.8, 4) is 0 Å². The first-order chi connectivity index (χ1) is 5.15. The summed E-state index contributed by atoms with van der Waals surface area (Å²) in [5.74, 6) is 0.265. The number of aliphatic imine (C=N–C) groups is 1. The first kappa shape index (κ1) is 8.20. The minimum atomic E-state index is -0.339. The van der Waals surface area contributed by atoms with Crippen LogP contribution in [-0.2, 0) is 9.53 Å². The average molecular weight is 156 g/mol. The number of hydrogen-bond acceptors (Lipinski definition) is 4. The maximum absolute atomic E-state index is 11.0. The smallest absolute Gasteiger partial charge is 0.337 e. The monoisotopic (exact) mass is 156 g/mol. The highest BCUT2D eigenvalue weighted by atomic mass is 16.6. The zero-order chi connectivity index (χ0) is 8.43. The maximum atomic E-state index is 11.0. The molecule has 0 amide bonds. The lowest BCUT2D eigenvalue weighted by molar-refractivity contribution is -0.135. The van der Waals surface area contributed by atoms with E-state index in [9.17, 15) is 4.79 Å². The predicted octanol–water partition coefficient (Wildman–Crippen LogP) is -0.0750. The molecule has 1 rings (SSSR count). The largest absolute Gasteiger partial charge is 0.409 e. The van der Waals surface area contributed by atoms with Gasteiger partial charge in [0.2, 0.25) is 5.90 Å². The molecular weight excluding hydrogens is 144 g/mol. The van der Waals surface area contributed by atoms with Gasteiger partial charge in [-0.15, -0.1) is 0 Å². The molecule has 11 heavy (non-hydrogen) atoms. The molecular formula is C7H12N2O2. The summed E-state index contributed by atoms with van der Waals surface area (Å²) in [6.07, 6.45) is 0. The molecule has 4 heteroatoms. The zero-order valence-electron chi connectivity index (χ0n) is 6.70. The Hall–Kier alpha value is -0.900. The summed E-state index contributed by atoms with van der Waals surface area (Å²) in [5.41, 5.74) is 5.25. The van der Waals surface area contributed by atoms with Crippen LogP contribution < -0.4 is 5.73 Å². The number of esters is 1. The summed E-state index contributed by atoms with van der Waals surface area (Å²) in [7, 11) is 0. The van der Waals surface area contributed by atoms with Crippen LogP contribution in [0.2, 0.25) is 0 Å². The van der Waals surface area contributed by atoms with Crippen LogP contribution in [0.15, 0.2) is 4.99 Å². The van der Waals surface area contributed by atoms with Gasteiger partial charge in [-0.3, -0.25) is 0 Å². The number of carbonyl (C=O) groups is 1. The molecule has 1 aliphatic rings. The normalized spacial score (nSPS) is 23.8. The molecule has 1 unspecified atom stereocenters. The second-order valence-corrected chi connectivity index (χ2v) is 2.84. The summed E-state index contributed by atoms with van der Waals surface area (Å²) >= 11 is 0. The quantitative estimate of drug-likeness (QED) is 0.569. The van der Waals surface area contributed by atoms with E-state index in [1.165, 1.54) is 0 Å². The average Bonchev–Trinajstić information content (AvgIpc) is 2.30. The van der Waals surface area contributed by atoms with Crippen LogP contribution >= 0.6 is 0 Å². The summed E-state index contributed by atoms with van der Waals surface area (Å²) in [5, 5.41) is 0. The van der Waals surface area contributed by atoms with Gasteiger partial charge < -0.3 is 10.5 Å². The lowest BCUT2D eigenvalue weighted by Crippen LogP contribution is -2.21. The fourth-order valence-corrected chi connectivity index (χ4v) is 0.926. The predicted molar refractivity (Wildman–Crippen MR) is 41.2 cm³/mol. The first-order valence-corrected chi connectivity index (χ1v) is 3.63. The van der Waals surface area contributed by atoms with Crippen molar-refractivity contribution >= 4 is 11.9 Å². The van der Waals surface area contributed by atoms with Crippen LogP contribution in [0.5, 0.6) is 0 Å². The van der Waals surface area contributed by atoms with Gasteiger partial charge in [0, 0.05) is 0 Å². The zero-order valence-corrected chi connectivity index (χ0v) is 6.70. The summed E-state index contributed by atoms with van der Waals surface area (Å²) < 4.78 is 4.77. The third-order valence-corrected chi connectivity index (χ3v) is 1.55. The molecule has 0 saturated heterocycles. The molecule has 1 atom stereocenters. The Kier molecular flexibility index (Phi) is 2.24. The Balaban J connectivity index is 2.68. The second kappa shape index (κ2) is 3.00. The lowest BCUT2D eigenvalue weighted by Gasteiger charge is -2.04. The molecule has 0 aromatic carbocycles. The highest BCUT2D eigenvalue weighted by Crippen LogP contribution is 2.14. The highest BCUT2D eigenvalue weighted by Gasteiger charge is 2.30. The van der Waals surface area contributed by atoms with Gasteiger partial charge >= 0.3 is 5.97 Å². The molecule has 0 aromatic rings. The third kappa shape index (κ3) is 1.57. The number of rotatable bonds is 2. The van der Waals surface area contributed by atoms with E-state index in [1.807, 2.05) is 13.8 Å². The lowest BCUT2D eigenvalue weighted by atomic mass is 10.1. The van der Waals surface area contributed by atoms with Gasteiger partial charge in [-0.1, -0.05) is 13.8 Å². The topological polar surface area (TPSA) is 64.7 Å². The molecule has 0 bridgehead atoms.